The van der Waals surface area contributed by atoms with Crippen LogP contribution in [0.3, 0.4) is 0 Å². The van der Waals surface area contributed by atoms with Crippen LogP contribution in [0.1, 0.15) is 0 Å². The van der Waals surface area contributed by atoms with Crippen molar-refractivity contribution in [2.75, 3.05) is 0 Å². The van der Waals surface area contributed by atoms with Crippen molar-refractivity contribution < 1.29 is 84.1 Å². The van der Waals surface area contributed by atoms with E-state index in [0.29, 0.717) is 0 Å². The Morgan fingerprint density at radius 1 is 0.692 bits per heavy atom. The molecule has 2 aromatic rings. The lowest BCUT2D eigenvalue weighted by Gasteiger charge is -2.40. The average molecular weight is 627 g/mol. The molecule has 5 nitrogen and oxygen atoms in total. The molecule has 222 valence electrons. The van der Waals surface area contributed by atoms with Crippen molar-refractivity contribution in [3.8, 4) is 0 Å². The third kappa shape index (κ3) is 5.64. The summed E-state index contributed by atoms with van der Waals surface area (Å²) < 4.78 is 228. The molecule has 2 N–H and O–H groups in total. The van der Waals surface area contributed by atoms with E-state index in [4.69, 9.17) is 0 Å². The van der Waals surface area contributed by atoms with Crippen LogP contribution in [0, 0.1) is 0 Å². The van der Waals surface area contributed by atoms with E-state index < -0.39 is 59.3 Å². The molecule has 1 heterocycles. The molecular formula is C16H6F17N3O2S. The monoisotopic (exact) mass is 627 g/mol. The number of aromatic nitrogens is 1. The third-order valence-corrected chi connectivity index (χ3v) is 5.12. The van der Waals surface area contributed by atoms with E-state index in [2.05, 4.69) is 20.4 Å². The summed E-state index contributed by atoms with van der Waals surface area (Å²) in [7, 11) is 0. The first-order chi connectivity index (χ1) is 17.1. The van der Waals surface area contributed by atoms with Crippen molar-refractivity contribution in [2.24, 2.45) is 10.7 Å². The predicted octanol–water partition coefficient (Wildman–Crippen LogP) is 7.16. The van der Waals surface area contributed by atoms with E-state index in [1.807, 2.05) is 0 Å². The number of ether oxygens (including phenoxy) is 2. The van der Waals surface area contributed by atoms with Crippen molar-refractivity contribution >= 4 is 32.5 Å². The number of rotatable bonds is 8. The van der Waals surface area contributed by atoms with Gasteiger partial charge in [-0.1, -0.05) is 23.5 Å². The lowest BCUT2D eigenvalue weighted by atomic mass is 10.2. The van der Waals surface area contributed by atoms with E-state index in [1.54, 1.807) is 0 Å². The van der Waals surface area contributed by atoms with Crippen molar-refractivity contribution in [1.29, 1.82) is 0 Å². The standard InChI is InChI=1S/C16H6F17N3O2S/c17-9(12(21,22)23,7(34)36-8-35-5-3-1-2-4-6(5)39-8)37-16(32,33)11(20,14(27,28)29)38-15(30,31)10(18,19)13(24,25)26/h1-4H,(H2,34,35,36)/t9-,11+/m1/s1. The number of thiazole rings is 1. The quantitative estimate of drug-likeness (QED) is 0.192. The van der Waals surface area contributed by atoms with Crippen LogP contribution >= 0.6 is 11.3 Å². The minimum absolute atomic E-state index is 0.0767. The Morgan fingerprint density at radius 3 is 1.64 bits per heavy atom. The molecule has 0 amide bonds. The van der Waals surface area contributed by atoms with E-state index in [9.17, 15) is 74.6 Å². The zero-order valence-corrected chi connectivity index (χ0v) is 18.2. The Morgan fingerprint density at radius 2 is 1.21 bits per heavy atom. The van der Waals surface area contributed by atoms with Crippen LogP contribution in [0.15, 0.2) is 29.3 Å². The summed E-state index contributed by atoms with van der Waals surface area (Å²) >= 11 is 0.270. The molecule has 39 heavy (non-hydrogen) atoms. The van der Waals surface area contributed by atoms with Gasteiger partial charge < -0.3 is 5.73 Å². The highest BCUT2D eigenvalue weighted by molar-refractivity contribution is 7.22. The van der Waals surface area contributed by atoms with Crippen LogP contribution in [0.5, 0.6) is 0 Å². The van der Waals surface area contributed by atoms with Gasteiger partial charge in [0.2, 0.25) is 5.13 Å². The molecule has 1 aromatic heterocycles. The van der Waals surface area contributed by atoms with E-state index in [0.717, 1.165) is 0 Å². The molecule has 2 atom stereocenters. The fraction of sp³-hybridized carbons (Fsp3) is 0.500. The van der Waals surface area contributed by atoms with Gasteiger partial charge in [0.05, 0.1) is 10.2 Å². The van der Waals surface area contributed by atoms with Gasteiger partial charge in [-0.05, 0) is 12.1 Å². The average Bonchev–Trinajstić information content (AvgIpc) is 3.12. The zero-order valence-electron chi connectivity index (χ0n) is 17.4. The topological polar surface area (TPSA) is 69.7 Å². The highest BCUT2D eigenvalue weighted by Gasteiger charge is 2.85. The van der Waals surface area contributed by atoms with Gasteiger partial charge in [0.1, 0.15) is 0 Å². The number of amidine groups is 1. The van der Waals surface area contributed by atoms with Crippen LogP contribution in [-0.4, -0.2) is 59.2 Å². The maximum absolute atomic E-state index is 14.7. The van der Waals surface area contributed by atoms with Gasteiger partial charge in [-0.15, -0.1) is 0 Å². The molecular weight excluding hydrogens is 621 g/mol. The van der Waals surface area contributed by atoms with Crippen molar-refractivity contribution in [3.05, 3.63) is 24.3 Å². The Hall–Kier alpha value is -2.69. The minimum Gasteiger partial charge on any atom is -0.382 e. The number of alkyl halides is 17. The normalized spacial score (nSPS) is 18.2. The second-order valence-electron chi connectivity index (χ2n) is 6.96. The lowest BCUT2D eigenvalue weighted by Crippen LogP contribution is -2.68. The number of nitrogens with zero attached hydrogens (tertiary/aromatic N) is 2. The van der Waals surface area contributed by atoms with Crippen molar-refractivity contribution in [3.63, 3.8) is 0 Å². The molecule has 0 aliphatic heterocycles. The second kappa shape index (κ2) is 9.45. The number of aliphatic imine (C=N–C) groups is 1. The van der Waals surface area contributed by atoms with Crippen LogP contribution in [-0.2, 0) is 9.47 Å². The zero-order chi connectivity index (χ0) is 30.7. The maximum atomic E-state index is 14.7. The fourth-order valence-electron chi connectivity index (χ4n) is 2.27. The van der Waals surface area contributed by atoms with Gasteiger partial charge in [-0.3, -0.25) is 9.47 Å². The summed E-state index contributed by atoms with van der Waals surface area (Å²) in [6.07, 6.45) is -38.3. The molecule has 0 saturated heterocycles. The molecule has 0 spiro atoms. The highest BCUT2D eigenvalue weighted by Crippen LogP contribution is 2.56. The SMILES string of the molecule is NC(=Nc1nc2ccccc2s1)[C@@](F)(OC(F)(F)[C@@](F)(OC(F)(F)C(F)(F)C(F)(F)F)C(F)(F)F)C(F)(F)F. The highest BCUT2D eigenvalue weighted by atomic mass is 32.1. The first kappa shape index (κ1) is 32.5. The Balaban J connectivity index is 2.64. The fourth-order valence-corrected chi connectivity index (χ4v) is 3.12. The van der Waals surface area contributed by atoms with E-state index in [1.165, 1.54) is 29.0 Å². The Labute approximate surface area is 206 Å². The molecule has 23 heteroatoms. The van der Waals surface area contributed by atoms with Crippen LogP contribution in [0.4, 0.5) is 79.8 Å². The van der Waals surface area contributed by atoms with Gasteiger partial charge in [-0.2, -0.15) is 79.6 Å². The Kier molecular flexibility index (Phi) is 7.88. The number of hydrogen-bond acceptors (Lipinski definition) is 5. The van der Waals surface area contributed by atoms with Gasteiger partial charge in [0, 0.05) is 0 Å². The molecule has 0 unspecified atom stereocenters. The third-order valence-electron chi connectivity index (χ3n) is 4.19. The molecule has 0 saturated carbocycles. The van der Waals surface area contributed by atoms with E-state index in [-0.39, 0.29) is 21.6 Å². The summed E-state index contributed by atoms with van der Waals surface area (Å²) in [4.78, 5) is 6.03. The molecule has 2 rings (SSSR count). The van der Waals surface area contributed by atoms with Gasteiger partial charge in [0.25, 0.3) is 0 Å². The summed E-state index contributed by atoms with van der Waals surface area (Å²) in [5, 5.41) is -1.01. The molecule has 0 radical (unpaired) electrons. The number of halogens is 17. The van der Waals surface area contributed by atoms with E-state index >= 15 is 0 Å². The largest absolute Gasteiger partial charge is 0.462 e. The Bertz CT molecular complexity index is 1190. The van der Waals surface area contributed by atoms with Gasteiger partial charge in [-0.25, -0.2) is 4.98 Å². The molecule has 0 bridgehead atoms. The summed E-state index contributed by atoms with van der Waals surface area (Å²) in [5.74, 6) is -25.3. The van der Waals surface area contributed by atoms with Gasteiger partial charge in [0.15, 0.2) is 5.84 Å². The van der Waals surface area contributed by atoms with Crippen molar-refractivity contribution in [2.45, 2.75) is 48.4 Å². The van der Waals surface area contributed by atoms with Crippen molar-refractivity contribution in [1.82, 2.24) is 4.98 Å². The first-order valence-corrected chi connectivity index (χ1v) is 9.76. The number of hydrogen-bond donors (Lipinski definition) is 1. The molecule has 0 aliphatic carbocycles. The minimum atomic E-state index is -8.00. The predicted molar refractivity (Wildman–Crippen MR) is 93.8 cm³/mol. The molecule has 0 aliphatic rings. The summed E-state index contributed by atoms with van der Waals surface area (Å²) in [6.45, 7) is 0. The second-order valence-corrected chi connectivity index (χ2v) is 7.97. The van der Waals surface area contributed by atoms with Gasteiger partial charge >= 0.3 is 48.4 Å². The summed E-state index contributed by atoms with van der Waals surface area (Å²) in [6, 6.07) is 5.03. The first-order valence-electron chi connectivity index (χ1n) is 8.95. The lowest BCUT2D eigenvalue weighted by molar-refractivity contribution is -0.547. The number of fused-ring (bicyclic) bond motifs is 1. The smallest absolute Gasteiger partial charge is 0.382 e. The van der Waals surface area contributed by atoms with Crippen LogP contribution in [0.25, 0.3) is 10.2 Å². The number of nitrogens with two attached hydrogens (primary N) is 1. The molecule has 1 aromatic carbocycles. The molecule has 0 fully saturated rings. The maximum Gasteiger partial charge on any atom is 0.462 e. The number of benzene rings is 1. The van der Waals surface area contributed by atoms with Crippen LogP contribution in [0.2, 0.25) is 0 Å². The van der Waals surface area contributed by atoms with Crippen LogP contribution < -0.4 is 5.73 Å². The number of para-hydroxylation sites is 1. The summed E-state index contributed by atoms with van der Waals surface area (Å²) in [5.41, 5.74) is 4.52.